The van der Waals surface area contributed by atoms with E-state index in [1.165, 1.54) is 0 Å². The first-order valence-corrected chi connectivity index (χ1v) is 6.14. The van der Waals surface area contributed by atoms with Gasteiger partial charge in [0.1, 0.15) is 5.69 Å². The number of methoxy groups -OCH3 is 1. The standard InChI is InChI=1S/C13H23N3O2/c1-6-18-9-10(2)15-12-11(16(3)4)7-8-14-13(12)17-5/h7-8,10,15H,6,9H2,1-5H3. The number of hydrogen-bond acceptors (Lipinski definition) is 5. The third-order valence-electron chi connectivity index (χ3n) is 2.53. The number of rotatable bonds is 7. The molecular weight excluding hydrogens is 230 g/mol. The maximum absolute atomic E-state index is 5.40. The highest BCUT2D eigenvalue weighted by Crippen LogP contribution is 2.32. The maximum Gasteiger partial charge on any atom is 0.239 e. The van der Waals surface area contributed by atoms with Crippen LogP contribution >= 0.6 is 0 Å². The van der Waals surface area contributed by atoms with Gasteiger partial charge in [0, 0.05) is 32.9 Å². The van der Waals surface area contributed by atoms with Crippen LogP contribution < -0.4 is 15.0 Å². The van der Waals surface area contributed by atoms with Gasteiger partial charge in [0.2, 0.25) is 5.88 Å². The molecule has 18 heavy (non-hydrogen) atoms. The van der Waals surface area contributed by atoms with Gasteiger partial charge < -0.3 is 19.7 Å². The fraction of sp³-hybridized carbons (Fsp3) is 0.615. The Hall–Kier alpha value is -1.49. The van der Waals surface area contributed by atoms with Crippen LogP contribution in [0.4, 0.5) is 11.4 Å². The number of pyridine rings is 1. The van der Waals surface area contributed by atoms with Crippen molar-refractivity contribution in [3.8, 4) is 5.88 Å². The normalized spacial score (nSPS) is 12.1. The van der Waals surface area contributed by atoms with Gasteiger partial charge in [-0.1, -0.05) is 0 Å². The third-order valence-corrected chi connectivity index (χ3v) is 2.53. The summed E-state index contributed by atoms with van der Waals surface area (Å²) in [4.78, 5) is 6.25. The number of nitrogens with zero attached hydrogens (tertiary/aromatic N) is 2. The number of aromatic nitrogens is 1. The molecule has 0 spiro atoms. The van der Waals surface area contributed by atoms with E-state index in [-0.39, 0.29) is 6.04 Å². The summed E-state index contributed by atoms with van der Waals surface area (Å²) in [6, 6.07) is 2.15. The zero-order valence-electron chi connectivity index (χ0n) is 11.9. The Morgan fingerprint density at radius 1 is 1.44 bits per heavy atom. The molecule has 1 aromatic rings. The van der Waals surface area contributed by atoms with Gasteiger partial charge in [0.05, 0.1) is 19.4 Å². The third kappa shape index (κ3) is 3.77. The molecule has 0 saturated heterocycles. The van der Waals surface area contributed by atoms with E-state index >= 15 is 0 Å². The molecule has 0 radical (unpaired) electrons. The van der Waals surface area contributed by atoms with Crippen molar-refractivity contribution in [2.45, 2.75) is 19.9 Å². The van der Waals surface area contributed by atoms with E-state index in [9.17, 15) is 0 Å². The van der Waals surface area contributed by atoms with Crippen molar-refractivity contribution < 1.29 is 9.47 Å². The van der Waals surface area contributed by atoms with Crippen LogP contribution in [-0.4, -0.2) is 45.4 Å². The van der Waals surface area contributed by atoms with E-state index < -0.39 is 0 Å². The van der Waals surface area contributed by atoms with E-state index in [4.69, 9.17) is 9.47 Å². The molecule has 1 aromatic heterocycles. The molecule has 0 aliphatic rings. The van der Waals surface area contributed by atoms with Crippen molar-refractivity contribution in [1.82, 2.24) is 4.98 Å². The average molecular weight is 253 g/mol. The van der Waals surface area contributed by atoms with Gasteiger partial charge >= 0.3 is 0 Å². The fourth-order valence-corrected chi connectivity index (χ4v) is 1.68. The fourth-order valence-electron chi connectivity index (χ4n) is 1.68. The Bertz CT molecular complexity index is 369. The molecule has 1 N–H and O–H groups in total. The molecule has 0 aromatic carbocycles. The lowest BCUT2D eigenvalue weighted by atomic mass is 10.2. The van der Waals surface area contributed by atoms with Crippen LogP contribution in [0.5, 0.6) is 5.88 Å². The Labute approximate surface area is 109 Å². The molecule has 1 heterocycles. The van der Waals surface area contributed by atoms with Crippen molar-refractivity contribution in [3.63, 3.8) is 0 Å². The summed E-state index contributed by atoms with van der Waals surface area (Å²) in [6.07, 6.45) is 1.74. The molecule has 1 rings (SSSR count). The van der Waals surface area contributed by atoms with Crippen molar-refractivity contribution in [2.24, 2.45) is 0 Å². The summed E-state index contributed by atoms with van der Waals surface area (Å²) in [5.41, 5.74) is 1.95. The minimum absolute atomic E-state index is 0.196. The van der Waals surface area contributed by atoms with E-state index in [0.29, 0.717) is 12.5 Å². The molecule has 0 amide bonds. The Kier molecular flexibility index (Phi) is 5.71. The van der Waals surface area contributed by atoms with Crippen LogP contribution in [0, 0.1) is 0 Å². The van der Waals surface area contributed by atoms with Crippen molar-refractivity contribution in [1.29, 1.82) is 0 Å². The van der Waals surface area contributed by atoms with E-state index in [0.717, 1.165) is 18.0 Å². The van der Waals surface area contributed by atoms with Crippen molar-refractivity contribution in [3.05, 3.63) is 12.3 Å². The van der Waals surface area contributed by atoms with Crippen LogP contribution in [0.2, 0.25) is 0 Å². The molecule has 0 aliphatic carbocycles. The number of hydrogen-bond donors (Lipinski definition) is 1. The van der Waals surface area contributed by atoms with Crippen LogP contribution in [0.15, 0.2) is 12.3 Å². The highest BCUT2D eigenvalue weighted by Gasteiger charge is 2.14. The first-order valence-electron chi connectivity index (χ1n) is 6.14. The zero-order chi connectivity index (χ0) is 13.5. The topological polar surface area (TPSA) is 46.6 Å². The van der Waals surface area contributed by atoms with Gasteiger partial charge in [-0.3, -0.25) is 0 Å². The number of anilines is 2. The lowest BCUT2D eigenvalue weighted by Gasteiger charge is -2.23. The molecule has 102 valence electrons. The first kappa shape index (κ1) is 14.6. The Balaban J connectivity index is 2.90. The highest BCUT2D eigenvalue weighted by molar-refractivity contribution is 5.74. The molecule has 1 atom stereocenters. The minimum atomic E-state index is 0.196. The monoisotopic (exact) mass is 253 g/mol. The first-order chi connectivity index (χ1) is 8.60. The molecule has 0 fully saturated rings. The second kappa shape index (κ2) is 7.06. The van der Waals surface area contributed by atoms with Gasteiger partial charge in [0.25, 0.3) is 0 Å². The van der Waals surface area contributed by atoms with Crippen LogP contribution in [0.1, 0.15) is 13.8 Å². The van der Waals surface area contributed by atoms with E-state index in [1.54, 1.807) is 13.3 Å². The molecule has 0 aliphatic heterocycles. The zero-order valence-corrected chi connectivity index (χ0v) is 11.9. The van der Waals surface area contributed by atoms with Crippen LogP contribution in [-0.2, 0) is 4.74 Å². The Morgan fingerprint density at radius 2 is 2.17 bits per heavy atom. The molecule has 0 bridgehead atoms. The lowest BCUT2D eigenvalue weighted by molar-refractivity contribution is 0.141. The summed E-state index contributed by atoms with van der Waals surface area (Å²) in [5, 5.41) is 3.39. The predicted octanol–water partition coefficient (Wildman–Crippen LogP) is 1.99. The summed E-state index contributed by atoms with van der Waals surface area (Å²) >= 11 is 0. The smallest absolute Gasteiger partial charge is 0.239 e. The van der Waals surface area contributed by atoms with E-state index in [1.807, 2.05) is 32.0 Å². The van der Waals surface area contributed by atoms with Crippen LogP contribution in [0.25, 0.3) is 0 Å². The molecule has 5 heteroatoms. The predicted molar refractivity (Wildman–Crippen MR) is 74.7 cm³/mol. The number of nitrogens with one attached hydrogen (secondary N) is 1. The second-order valence-corrected chi connectivity index (χ2v) is 4.31. The van der Waals surface area contributed by atoms with Crippen molar-refractivity contribution >= 4 is 11.4 Å². The highest BCUT2D eigenvalue weighted by atomic mass is 16.5. The summed E-state index contributed by atoms with van der Waals surface area (Å²) in [6.45, 7) is 5.43. The summed E-state index contributed by atoms with van der Waals surface area (Å²) in [7, 11) is 5.61. The van der Waals surface area contributed by atoms with Gasteiger partial charge in [-0.15, -0.1) is 0 Å². The van der Waals surface area contributed by atoms with E-state index in [2.05, 4.69) is 17.2 Å². The molecule has 5 nitrogen and oxygen atoms in total. The SMILES string of the molecule is CCOCC(C)Nc1c(N(C)C)ccnc1OC. The molecule has 0 saturated carbocycles. The maximum atomic E-state index is 5.40. The minimum Gasteiger partial charge on any atom is -0.479 e. The lowest BCUT2D eigenvalue weighted by Crippen LogP contribution is -2.24. The van der Waals surface area contributed by atoms with Gasteiger partial charge in [0.15, 0.2) is 0 Å². The summed E-state index contributed by atoms with van der Waals surface area (Å²) in [5.74, 6) is 0.601. The molecule has 1 unspecified atom stereocenters. The van der Waals surface area contributed by atoms with Crippen molar-refractivity contribution in [2.75, 3.05) is 44.6 Å². The average Bonchev–Trinajstić information content (AvgIpc) is 2.36. The Morgan fingerprint density at radius 3 is 2.72 bits per heavy atom. The quantitative estimate of drug-likeness (QED) is 0.805. The molecular formula is C13H23N3O2. The van der Waals surface area contributed by atoms with Gasteiger partial charge in [-0.2, -0.15) is 0 Å². The van der Waals surface area contributed by atoms with Gasteiger partial charge in [-0.25, -0.2) is 4.98 Å². The second-order valence-electron chi connectivity index (χ2n) is 4.31. The van der Waals surface area contributed by atoms with Gasteiger partial charge in [-0.05, 0) is 19.9 Å². The number of ether oxygens (including phenoxy) is 2. The summed E-state index contributed by atoms with van der Waals surface area (Å²) < 4.78 is 10.7. The van der Waals surface area contributed by atoms with Crippen LogP contribution in [0.3, 0.4) is 0 Å². The largest absolute Gasteiger partial charge is 0.479 e.